The van der Waals surface area contributed by atoms with E-state index in [9.17, 15) is 22.8 Å². The molecule has 9 heteroatoms. The Morgan fingerprint density at radius 2 is 1.57 bits per heavy atom. The van der Waals surface area contributed by atoms with Crippen molar-refractivity contribution in [2.24, 2.45) is 11.3 Å². The van der Waals surface area contributed by atoms with Gasteiger partial charge in [-0.2, -0.15) is 13.2 Å². The molecule has 2 atom stereocenters. The molecule has 2 aliphatic carbocycles. The van der Waals surface area contributed by atoms with Crippen LogP contribution in [0.4, 0.5) is 24.5 Å². The van der Waals surface area contributed by atoms with Crippen molar-refractivity contribution in [1.82, 2.24) is 9.88 Å². The normalized spacial score (nSPS) is 19.8. The van der Waals surface area contributed by atoms with Crippen LogP contribution in [0.15, 0.2) is 72.8 Å². The molecule has 1 heterocycles. The van der Waals surface area contributed by atoms with E-state index in [0.717, 1.165) is 47.3 Å². The van der Waals surface area contributed by atoms with Crippen molar-refractivity contribution in [3.05, 3.63) is 95.2 Å². The summed E-state index contributed by atoms with van der Waals surface area (Å²) in [7, 11) is 3.88. The van der Waals surface area contributed by atoms with Gasteiger partial charge >= 0.3 is 6.18 Å². The first-order valence-corrected chi connectivity index (χ1v) is 16.3. The molecule has 0 aliphatic heterocycles. The third kappa shape index (κ3) is 6.12. The summed E-state index contributed by atoms with van der Waals surface area (Å²) in [5.74, 6) is -0.211. The van der Waals surface area contributed by atoms with Gasteiger partial charge in [-0.25, -0.2) is 0 Å². The van der Waals surface area contributed by atoms with E-state index in [1.54, 1.807) is 4.90 Å². The van der Waals surface area contributed by atoms with Gasteiger partial charge in [0.05, 0.1) is 5.56 Å². The number of anilines is 2. The summed E-state index contributed by atoms with van der Waals surface area (Å²) in [6.07, 6.45) is -1.70. The van der Waals surface area contributed by atoms with Crippen LogP contribution in [0.5, 0.6) is 0 Å². The number of para-hydroxylation sites is 1. The minimum absolute atomic E-state index is 0.0445. The second kappa shape index (κ2) is 12.1. The predicted molar refractivity (Wildman–Crippen MR) is 180 cm³/mol. The minimum Gasteiger partial charge on any atom is -0.378 e. The summed E-state index contributed by atoms with van der Waals surface area (Å²) in [4.78, 5) is 36.0. The highest BCUT2D eigenvalue weighted by Crippen LogP contribution is 2.67. The molecule has 3 aromatic carbocycles. The molecular formula is C38H43F3N4O2. The average molecular weight is 645 g/mol. The maximum atomic E-state index is 14.6. The van der Waals surface area contributed by atoms with Crippen LogP contribution in [-0.4, -0.2) is 41.3 Å². The van der Waals surface area contributed by atoms with E-state index >= 15 is 0 Å². The lowest BCUT2D eigenvalue weighted by molar-refractivity contribution is -0.146. The highest BCUT2D eigenvalue weighted by molar-refractivity contribution is 6.01. The summed E-state index contributed by atoms with van der Waals surface area (Å²) in [5.41, 5.74) is 3.55. The molecule has 2 N–H and O–H groups in total. The van der Waals surface area contributed by atoms with Gasteiger partial charge in [0.25, 0.3) is 0 Å². The van der Waals surface area contributed by atoms with Crippen LogP contribution in [0.25, 0.3) is 10.9 Å². The van der Waals surface area contributed by atoms with Crippen molar-refractivity contribution in [2.75, 3.05) is 24.3 Å². The number of aromatic amines is 1. The first-order chi connectivity index (χ1) is 22.2. The van der Waals surface area contributed by atoms with Crippen LogP contribution in [0.2, 0.25) is 0 Å². The zero-order chi connectivity index (χ0) is 33.7. The van der Waals surface area contributed by atoms with Crippen LogP contribution < -0.4 is 10.2 Å². The van der Waals surface area contributed by atoms with Crippen LogP contribution >= 0.6 is 0 Å². The molecular weight excluding hydrogens is 601 g/mol. The van der Waals surface area contributed by atoms with Crippen LogP contribution in [0, 0.1) is 18.3 Å². The third-order valence-electron chi connectivity index (χ3n) is 10.6. The number of nitrogens with one attached hydrogen (secondary N) is 2. The smallest absolute Gasteiger partial charge is 0.378 e. The SMILES string of the molecule is Cc1[nH]c2ccccc2c1[C@H]1[C@@H](CC(=O)N(Cc2ccc(C(F)(F)F)cc2)C2(C(=O)Nc3ccc(N(C)C)cc3)CCCC2)C1(C)C. The topological polar surface area (TPSA) is 68.4 Å². The molecule has 4 aromatic rings. The van der Waals surface area contributed by atoms with Crippen LogP contribution in [-0.2, 0) is 22.3 Å². The Hall–Kier alpha value is -4.27. The number of alkyl halides is 3. The molecule has 0 spiro atoms. The fourth-order valence-electron chi connectivity index (χ4n) is 7.83. The number of carbonyl (C=O) groups is 2. The van der Waals surface area contributed by atoms with Gasteiger partial charge in [0.1, 0.15) is 5.54 Å². The van der Waals surface area contributed by atoms with Gasteiger partial charge in [-0.1, -0.05) is 57.0 Å². The number of fused-ring (bicyclic) bond motifs is 1. The number of H-pyrrole nitrogens is 1. The molecule has 2 fully saturated rings. The molecule has 2 saturated carbocycles. The van der Waals surface area contributed by atoms with Crippen molar-refractivity contribution in [3.63, 3.8) is 0 Å². The van der Waals surface area contributed by atoms with E-state index in [-0.39, 0.29) is 42.0 Å². The Morgan fingerprint density at radius 3 is 2.19 bits per heavy atom. The maximum absolute atomic E-state index is 14.6. The first kappa shape index (κ1) is 32.7. The number of nitrogens with zero attached hydrogens (tertiary/aromatic N) is 2. The fraction of sp³-hybridized carbons (Fsp3) is 0.421. The standard InChI is InChI=1S/C38H43F3N4O2/c1-24-33(29-10-6-7-11-31(29)42-24)34-30(36(34,2)3)22-32(46)45(23-25-12-14-26(15-13-25)38(39,40)41)37(20-8-9-21-37)35(47)43-27-16-18-28(19-17-27)44(4)5/h6-7,10-19,30,34,42H,8-9,20-23H2,1-5H3,(H,43,47)/t30-,34-/m1/s1. The van der Waals surface area contributed by atoms with Gasteiger partial charge in [0.2, 0.25) is 11.8 Å². The third-order valence-corrected chi connectivity index (χ3v) is 10.6. The Labute approximate surface area is 274 Å². The molecule has 0 bridgehead atoms. The minimum atomic E-state index is -4.46. The van der Waals surface area contributed by atoms with E-state index in [1.807, 2.05) is 55.4 Å². The molecule has 6 rings (SSSR count). The van der Waals surface area contributed by atoms with Gasteiger partial charge in [-0.3, -0.25) is 9.59 Å². The van der Waals surface area contributed by atoms with Crippen molar-refractivity contribution < 1.29 is 22.8 Å². The van der Waals surface area contributed by atoms with Crippen LogP contribution in [0.3, 0.4) is 0 Å². The molecule has 2 aliphatic rings. The second-order valence-corrected chi connectivity index (χ2v) is 14.1. The number of hydrogen-bond donors (Lipinski definition) is 2. The number of aryl methyl sites for hydroxylation is 1. The number of halogens is 3. The summed E-state index contributed by atoms with van der Waals surface area (Å²) >= 11 is 0. The number of hydrogen-bond acceptors (Lipinski definition) is 3. The average Bonchev–Trinajstić information content (AvgIpc) is 3.37. The summed E-state index contributed by atoms with van der Waals surface area (Å²) in [6.45, 7) is 6.50. The zero-order valence-electron chi connectivity index (χ0n) is 27.7. The Morgan fingerprint density at radius 1 is 0.936 bits per heavy atom. The fourth-order valence-corrected chi connectivity index (χ4v) is 7.83. The van der Waals surface area contributed by atoms with E-state index in [2.05, 4.69) is 43.2 Å². The van der Waals surface area contributed by atoms with Gasteiger partial charge < -0.3 is 20.1 Å². The van der Waals surface area contributed by atoms with E-state index in [1.165, 1.54) is 17.7 Å². The molecule has 0 saturated heterocycles. The zero-order valence-corrected chi connectivity index (χ0v) is 27.7. The lowest BCUT2D eigenvalue weighted by atomic mass is 9.91. The molecule has 47 heavy (non-hydrogen) atoms. The van der Waals surface area contributed by atoms with E-state index in [4.69, 9.17) is 0 Å². The second-order valence-electron chi connectivity index (χ2n) is 14.1. The molecule has 0 unspecified atom stereocenters. The quantitative estimate of drug-likeness (QED) is 0.192. The lowest BCUT2D eigenvalue weighted by Gasteiger charge is -2.40. The molecule has 0 radical (unpaired) electrons. The molecule has 1 aromatic heterocycles. The number of benzene rings is 3. The number of aromatic nitrogens is 1. The van der Waals surface area contributed by atoms with Crippen molar-refractivity contribution in [2.45, 2.75) is 77.1 Å². The summed E-state index contributed by atoms with van der Waals surface area (Å²) in [6, 6.07) is 20.7. The monoisotopic (exact) mass is 644 g/mol. The highest BCUT2D eigenvalue weighted by Gasteiger charge is 2.60. The number of rotatable bonds is 9. The van der Waals surface area contributed by atoms with Crippen molar-refractivity contribution >= 4 is 34.1 Å². The Kier molecular flexibility index (Phi) is 8.39. The predicted octanol–water partition coefficient (Wildman–Crippen LogP) is 8.67. The first-order valence-electron chi connectivity index (χ1n) is 16.3. The summed E-state index contributed by atoms with van der Waals surface area (Å²) < 4.78 is 40.1. The van der Waals surface area contributed by atoms with Gasteiger partial charge in [-0.05, 0) is 90.6 Å². The van der Waals surface area contributed by atoms with Gasteiger partial charge in [0, 0.05) is 55.0 Å². The molecule has 6 nitrogen and oxygen atoms in total. The molecule has 2 amide bonds. The van der Waals surface area contributed by atoms with Crippen LogP contribution in [0.1, 0.15) is 74.3 Å². The summed E-state index contributed by atoms with van der Waals surface area (Å²) in [5, 5.41) is 4.24. The van der Waals surface area contributed by atoms with Crippen molar-refractivity contribution in [1.29, 1.82) is 0 Å². The lowest BCUT2D eigenvalue weighted by Crippen LogP contribution is -2.57. The largest absolute Gasteiger partial charge is 0.416 e. The maximum Gasteiger partial charge on any atom is 0.416 e. The van der Waals surface area contributed by atoms with Gasteiger partial charge in [0.15, 0.2) is 0 Å². The van der Waals surface area contributed by atoms with Crippen molar-refractivity contribution in [3.8, 4) is 0 Å². The van der Waals surface area contributed by atoms with E-state index in [0.29, 0.717) is 24.1 Å². The van der Waals surface area contributed by atoms with Gasteiger partial charge in [-0.15, -0.1) is 0 Å². The number of amides is 2. The Bertz CT molecular complexity index is 1770. The highest BCUT2D eigenvalue weighted by atomic mass is 19.4. The number of carbonyl (C=O) groups excluding carboxylic acids is 2. The van der Waals surface area contributed by atoms with E-state index < -0.39 is 17.3 Å². The molecule has 248 valence electrons. The Balaban J connectivity index is 1.32.